The summed E-state index contributed by atoms with van der Waals surface area (Å²) in [5.41, 5.74) is 1.54. The van der Waals surface area contributed by atoms with E-state index in [0.717, 1.165) is 5.56 Å². The van der Waals surface area contributed by atoms with Crippen LogP contribution in [0.3, 0.4) is 0 Å². The molecule has 0 spiro atoms. The second kappa shape index (κ2) is 5.45. The van der Waals surface area contributed by atoms with Crippen molar-refractivity contribution in [3.8, 4) is 0 Å². The first-order valence-electron chi connectivity index (χ1n) is 6.08. The van der Waals surface area contributed by atoms with Crippen molar-refractivity contribution in [3.05, 3.63) is 60.2 Å². The second-order valence-corrected chi connectivity index (χ2v) is 6.27. The quantitative estimate of drug-likeness (QED) is 0.928. The zero-order valence-electron chi connectivity index (χ0n) is 10.9. The summed E-state index contributed by atoms with van der Waals surface area (Å²) in [6.45, 7) is 4.03. The van der Waals surface area contributed by atoms with Gasteiger partial charge in [-0.15, -0.1) is 0 Å². The normalized spacial score (nSPS) is 11.5. The molecule has 0 heterocycles. The van der Waals surface area contributed by atoms with E-state index in [2.05, 4.69) is 10.8 Å². The van der Waals surface area contributed by atoms with Crippen LogP contribution in [0.2, 0.25) is 0 Å². The van der Waals surface area contributed by atoms with Crippen LogP contribution in [0, 0.1) is 6.07 Å². The molecule has 0 bridgehead atoms. The van der Waals surface area contributed by atoms with E-state index in [-0.39, 0.29) is 10.8 Å². The van der Waals surface area contributed by atoms with Gasteiger partial charge in [-0.2, -0.15) is 0 Å². The zero-order valence-corrected chi connectivity index (χ0v) is 11.7. The Morgan fingerprint density at radius 3 is 2.42 bits per heavy atom. The van der Waals surface area contributed by atoms with E-state index in [1.54, 1.807) is 42.5 Å². The van der Waals surface area contributed by atoms with Crippen molar-refractivity contribution in [2.75, 3.05) is 4.72 Å². The van der Waals surface area contributed by atoms with Crippen LogP contribution in [0.25, 0.3) is 0 Å². The lowest BCUT2D eigenvalue weighted by atomic mass is 10.0. The standard InChI is InChI=1S/C15H16NO2S/c1-12(2)14-10-6-7-11-15(14)16-19(17,18)13-8-4-3-5-9-13/h3-5,7-12,16H,1-2H3. The number of hydrogen-bond acceptors (Lipinski definition) is 2. The van der Waals surface area contributed by atoms with Gasteiger partial charge in [-0.3, -0.25) is 4.72 Å². The van der Waals surface area contributed by atoms with Gasteiger partial charge in [0.15, 0.2) is 0 Å². The lowest BCUT2D eigenvalue weighted by molar-refractivity contribution is 0.601. The molecule has 0 fully saturated rings. The van der Waals surface area contributed by atoms with Crippen molar-refractivity contribution in [2.24, 2.45) is 0 Å². The highest BCUT2D eigenvalue weighted by Gasteiger charge is 2.16. The highest BCUT2D eigenvalue weighted by Crippen LogP contribution is 2.25. The minimum absolute atomic E-state index is 0.228. The van der Waals surface area contributed by atoms with Crippen molar-refractivity contribution in [1.82, 2.24) is 0 Å². The Kier molecular flexibility index (Phi) is 3.90. The number of rotatable bonds is 4. The number of nitrogens with one attached hydrogen (secondary N) is 1. The summed E-state index contributed by atoms with van der Waals surface area (Å²) < 4.78 is 27.1. The lowest BCUT2D eigenvalue weighted by Crippen LogP contribution is -2.14. The Balaban J connectivity index is 2.37. The van der Waals surface area contributed by atoms with E-state index in [9.17, 15) is 8.42 Å². The summed E-state index contributed by atoms with van der Waals surface area (Å²) in [5.74, 6) is 0.228. The van der Waals surface area contributed by atoms with Gasteiger partial charge < -0.3 is 0 Å². The third-order valence-electron chi connectivity index (χ3n) is 2.82. The summed E-state index contributed by atoms with van der Waals surface area (Å²) in [6.07, 6.45) is 0. The summed E-state index contributed by atoms with van der Waals surface area (Å²) in [6, 6.07) is 16.6. The molecule has 4 heteroatoms. The Bertz CT molecular complexity index is 649. The van der Waals surface area contributed by atoms with Crippen molar-refractivity contribution in [2.45, 2.75) is 24.7 Å². The van der Waals surface area contributed by atoms with Gasteiger partial charge in [0.25, 0.3) is 10.0 Å². The highest BCUT2D eigenvalue weighted by atomic mass is 32.2. The first-order chi connectivity index (χ1) is 9.00. The molecular formula is C15H16NO2S. The van der Waals surface area contributed by atoms with Gasteiger partial charge in [-0.1, -0.05) is 38.1 Å². The molecule has 1 radical (unpaired) electrons. The fourth-order valence-corrected chi connectivity index (χ4v) is 2.93. The van der Waals surface area contributed by atoms with Crippen molar-refractivity contribution in [3.63, 3.8) is 0 Å². The van der Waals surface area contributed by atoms with Gasteiger partial charge in [-0.05, 0) is 41.8 Å². The number of benzene rings is 2. The Hall–Kier alpha value is -1.81. The predicted octanol–water partition coefficient (Wildman–Crippen LogP) is 3.41. The number of anilines is 1. The molecule has 0 atom stereocenters. The molecule has 0 amide bonds. The van der Waals surface area contributed by atoms with E-state index in [0.29, 0.717) is 5.69 Å². The molecule has 1 N–H and O–H groups in total. The van der Waals surface area contributed by atoms with E-state index in [4.69, 9.17) is 0 Å². The monoisotopic (exact) mass is 274 g/mol. The maximum Gasteiger partial charge on any atom is 0.261 e. The molecule has 0 aliphatic carbocycles. The average molecular weight is 274 g/mol. The topological polar surface area (TPSA) is 46.2 Å². The highest BCUT2D eigenvalue weighted by molar-refractivity contribution is 7.92. The van der Waals surface area contributed by atoms with Gasteiger partial charge in [0.1, 0.15) is 0 Å². The molecule has 19 heavy (non-hydrogen) atoms. The van der Waals surface area contributed by atoms with Crippen LogP contribution in [0.1, 0.15) is 25.3 Å². The summed E-state index contributed by atoms with van der Waals surface area (Å²) in [7, 11) is -3.53. The van der Waals surface area contributed by atoms with Gasteiger partial charge in [0, 0.05) is 0 Å². The fraction of sp³-hybridized carbons (Fsp3) is 0.200. The van der Waals surface area contributed by atoms with Gasteiger partial charge in [0.05, 0.1) is 10.6 Å². The first kappa shape index (κ1) is 13.6. The van der Waals surface area contributed by atoms with Crippen molar-refractivity contribution < 1.29 is 8.42 Å². The molecule has 0 aliphatic heterocycles. The van der Waals surface area contributed by atoms with Crippen LogP contribution in [0.4, 0.5) is 5.69 Å². The molecule has 0 aromatic heterocycles. The maximum atomic E-state index is 12.3. The third kappa shape index (κ3) is 3.15. The smallest absolute Gasteiger partial charge is 0.261 e. The van der Waals surface area contributed by atoms with Crippen LogP contribution in [0.15, 0.2) is 53.4 Å². The van der Waals surface area contributed by atoms with Crippen LogP contribution in [-0.4, -0.2) is 8.42 Å². The molecule has 2 aromatic carbocycles. The molecule has 2 aromatic rings. The summed E-state index contributed by atoms with van der Waals surface area (Å²) in [4.78, 5) is 0.262. The SMILES string of the molecule is CC(C)c1c[c]ccc1NS(=O)(=O)c1ccccc1. The molecule has 0 aliphatic rings. The van der Waals surface area contributed by atoms with Gasteiger partial charge in [0.2, 0.25) is 0 Å². The third-order valence-corrected chi connectivity index (χ3v) is 4.20. The Morgan fingerprint density at radius 2 is 1.79 bits per heavy atom. The van der Waals surface area contributed by atoms with E-state index >= 15 is 0 Å². The van der Waals surface area contributed by atoms with E-state index < -0.39 is 10.0 Å². The molecule has 3 nitrogen and oxygen atoms in total. The van der Waals surface area contributed by atoms with Crippen LogP contribution in [-0.2, 0) is 10.0 Å². The fourth-order valence-electron chi connectivity index (χ4n) is 1.82. The Labute approximate surface area is 114 Å². The maximum absolute atomic E-state index is 12.3. The molecule has 0 unspecified atom stereocenters. The van der Waals surface area contributed by atoms with Crippen LogP contribution in [0.5, 0.6) is 0 Å². The van der Waals surface area contributed by atoms with Gasteiger partial charge >= 0.3 is 0 Å². The van der Waals surface area contributed by atoms with Crippen molar-refractivity contribution >= 4 is 15.7 Å². The van der Waals surface area contributed by atoms with E-state index in [1.807, 2.05) is 19.9 Å². The minimum Gasteiger partial charge on any atom is -0.279 e. The molecule has 0 saturated carbocycles. The summed E-state index contributed by atoms with van der Waals surface area (Å²) in [5, 5.41) is 0. The van der Waals surface area contributed by atoms with Crippen LogP contribution < -0.4 is 4.72 Å². The summed E-state index contributed by atoms with van der Waals surface area (Å²) >= 11 is 0. The molecular weight excluding hydrogens is 258 g/mol. The van der Waals surface area contributed by atoms with E-state index in [1.165, 1.54) is 0 Å². The number of sulfonamides is 1. The second-order valence-electron chi connectivity index (χ2n) is 4.59. The molecule has 99 valence electrons. The average Bonchev–Trinajstić information content (AvgIpc) is 2.39. The molecule has 2 rings (SSSR count). The zero-order chi connectivity index (χ0) is 13.9. The van der Waals surface area contributed by atoms with Gasteiger partial charge in [-0.25, -0.2) is 8.42 Å². The number of hydrogen-bond donors (Lipinski definition) is 1. The van der Waals surface area contributed by atoms with Crippen molar-refractivity contribution in [1.29, 1.82) is 0 Å². The van der Waals surface area contributed by atoms with Crippen LogP contribution >= 0.6 is 0 Å². The first-order valence-corrected chi connectivity index (χ1v) is 7.57. The Morgan fingerprint density at radius 1 is 1.11 bits per heavy atom. The molecule has 0 saturated heterocycles. The largest absolute Gasteiger partial charge is 0.279 e. The lowest BCUT2D eigenvalue weighted by Gasteiger charge is -2.14. The predicted molar refractivity (Wildman–Crippen MR) is 76.6 cm³/mol. The minimum atomic E-state index is -3.53.